The van der Waals surface area contributed by atoms with Crippen molar-refractivity contribution >= 4 is 27.8 Å². The lowest BCUT2D eigenvalue weighted by molar-refractivity contribution is -0.141. The second-order valence-corrected chi connectivity index (χ2v) is 5.92. The fourth-order valence-corrected chi connectivity index (χ4v) is 3.23. The zero-order chi connectivity index (χ0) is 14.5. The molecule has 1 N–H and O–H groups in total. The summed E-state index contributed by atoms with van der Waals surface area (Å²) >= 11 is 3.57. The second-order valence-electron chi connectivity index (χ2n) is 5.07. The molecule has 0 atom stereocenters. The van der Waals surface area contributed by atoms with Crippen LogP contribution in [-0.2, 0) is 9.59 Å². The molecule has 1 fully saturated rings. The maximum Gasteiger partial charge on any atom is 0.303 e. The summed E-state index contributed by atoms with van der Waals surface area (Å²) in [4.78, 5) is 24.1. The average molecular weight is 340 g/mol. The van der Waals surface area contributed by atoms with E-state index in [1.54, 1.807) is 4.90 Å². The van der Waals surface area contributed by atoms with Crippen molar-refractivity contribution in [3.05, 3.63) is 34.3 Å². The van der Waals surface area contributed by atoms with Gasteiger partial charge in [0.25, 0.3) is 0 Å². The van der Waals surface area contributed by atoms with E-state index >= 15 is 0 Å². The maximum absolute atomic E-state index is 11.9. The number of amides is 1. The van der Waals surface area contributed by atoms with Gasteiger partial charge >= 0.3 is 5.97 Å². The van der Waals surface area contributed by atoms with Gasteiger partial charge in [-0.05, 0) is 30.4 Å². The molecular formula is C15H18BrNO3. The van der Waals surface area contributed by atoms with Crippen LogP contribution < -0.4 is 0 Å². The molecule has 1 aromatic rings. The summed E-state index contributed by atoms with van der Waals surface area (Å²) in [5.41, 5.74) is 1.30. The largest absolute Gasteiger partial charge is 0.481 e. The monoisotopic (exact) mass is 339 g/mol. The van der Waals surface area contributed by atoms with Gasteiger partial charge in [-0.1, -0.05) is 34.1 Å². The number of nitrogens with zero attached hydrogens (tertiary/aromatic N) is 1. The van der Waals surface area contributed by atoms with E-state index < -0.39 is 5.97 Å². The fraction of sp³-hybridized carbons (Fsp3) is 0.467. The van der Waals surface area contributed by atoms with Crippen molar-refractivity contribution in [3.8, 4) is 0 Å². The highest BCUT2D eigenvalue weighted by atomic mass is 79.9. The Labute approximate surface area is 126 Å². The smallest absolute Gasteiger partial charge is 0.303 e. The van der Waals surface area contributed by atoms with E-state index in [2.05, 4.69) is 22.0 Å². The van der Waals surface area contributed by atoms with Gasteiger partial charge in [-0.3, -0.25) is 9.59 Å². The lowest BCUT2D eigenvalue weighted by Gasteiger charge is -2.32. The summed E-state index contributed by atoms with van der Waals surface area (Å²) in [6, 6.07) is 8.19. The minimum atomic E-state index is -0.915. The Hall–Kier alpha value is -1.36. The number of benzene rings is 1. The molecule has 5 heteroatoms. The van der Waals surface area contributed by atoms with Gasteiger partial charge in [0.2, 0.25) is 5.91 Å². The third kappa shape index (κ3) is 3.82. The van der Waals surface area contributed by atoms with Gasteiger partial charge in [0, 0.05) is 24.0 Å². The summed E-state index contributed by atoms with van der Waals surface area (Å²) in [7, 11) is 0. The standard InChI is InChI=1S/C15H18BrNO3/c16-13-4-2-1-3-12(13)11-7-9-17(10-8-11)14(18)5-6-15(19)20/h1-4,11H,5-10H2,(H,19,20). The number of carbonyl (C=O) groups excluding carboxylic acids is 1. The van der Waals surface area contributed by atoms with Crippen molar-refractivity contribution in [1.82, 2.24) is 4.90 Å². The number of aliphatic carboxylic acids is 1. The van der Waals surface area contributed by atoms with Crippen molar-refractivity contribution in [2.45, 2.75) is 31.6 Å². The first-order valence-electron chi connectivity index (χ1n) is 6.82. The number of carbonyl (C=O) groups is 2. The SMILES string of the molecule is O=C(O)CCC(=O)N1CCC(c2ccccc2Br)CC1. The molecule has 4 nitrogen and oxygen atoms in total. The van der Waals surface area contributed by atoms with E-state index in [-0.39, 0.29) is 18.7 Å². The Morgan fingerprint density at radius 3 is 2.45 bits per heavy atom. The second kappa shape index (κ2) is 6.88. The Morgan fingerprint density at radius 1 is 1.20 bits per heavy atom. The van der Waals surface area contributed by atoms with Gasteiger partial charge in [-0.2, -0.15) is 0 Å². The molecule has 0 aromatic heterocycles. The van der Waals surface area contributed by atoms with Crippen LogP contribution in [0, 0.1) is 0 Å². The zero-order valence-corrected chi connectivity index (χ0v) is 12.8. The van der Waals surface area contributed by atoms with Crippen LogP contribution in [0.1, 0.15) is 37.2 Å². The van der Waals surface area contributed by atoms with E-state index in [4.69, 9.17) is 5.11 Å². The normalized spacial score (nSPS) is 16.1. The van der Waals surface area contributed by atoms with Gasteiger partial charge in [0.15, 0.2) is 0 Å². The maximum atomic E-state index is 11.9. The summed E-state index contributed by atoms with van der Waals surface area (Å²) in [5, 5.41) is 8.61. The van der Waals surface area contributed by atoms with Crippen LogP contribution in [0.3, 0.4) is 0 Å². The molecule has 1 heterocycles. The molecular weight excluding hydrogens is 322 g/mol. The number of likely N-dealkylation sites (tertiary alicyclic amines) is 1. The Balaban J connectivity index is 1.88. The van der Waals surface area contributed by atoms with Crippen molar-refractivity contribution < 1.29 is 14.7 Å². The van der Waals surface area contributed by atoms with Gasteiger partial charge in [-0.15, -0.1) is 0 Å². The number of carboxylic acids is 1. The van der Waals surface area contributed by atoms with Crippen LogP contribution in [0.2, 0.25) is 0 Å². The lowest BCUT2D eigenvalue weighted by Crippen LogP contribution is -2.38. The first-order chi connectivity index (χ1) is 9.58. The predicted molar refractivity (Wildman–Crippen MR) is 79.6 cm³/mol. The highest BCUT2D eigenvalue weighted by Crippen LogP contribution is 2.32. The molecule has 2 rings (SSSR count). The molecule has 1 saturated heterocycles. The highest BCUT2D eigenvalue weighted by Gasteiger charge is 2.24. The Morgan fingerprint density at radius 2 is 1.85 bits per heavy atom. The average Bonchev–Trinajstić information content (AvgIpc) is 2.45. The van der Waals surface area contributed by atoms with E-state index in [9.17, 15) is 9.59 Å². The molecule has 0 aliphatic carbocycles. The third-order valence-electron chi connectivity index (χ3n) is 3.75. The minimum absolute atomic E-state index is 0.0435. The molecule has 20 heavy (non-hydrogen) atoms. The Kier molecular flexibility index (Phi) is 5.17. The molecule has 0 bridgehead atoms. The highest BCUT2D eigenvalue weighted by molar-refractivity contribution is 9.10. The summed E-state index contributed by atoms with van der Waals surface area (Å²) in [6.07, 6.45) is 1.89. The summed E-state index contributed by atoms with van der Waals surface area (Å²) in [6.45, 7) is 1.43. The van der Waals surface area contributed by atoms with Gasteiger partial charge in [0.1, 0.15) is 0 Å². The van der Waals surface area contributed by atoms with Crippen LogP contribution >= 0.6 is 15.9 Å². The van der Waals surface area contributed by atoms with E-state index in [1.807, 2.05) is 18.2 Å². The number of carboxylic acid groups (broad SMARTS) is 1. The molecule has 0 unspecified atom stereocenters. The quantitative estimate of drug-likeness (QED) is 0.917. The first-order valence-corrected chi connectivity index (χ1v) is 7.61. The van der Waals surface area contributed by atoms with E-state index in [0.29, 0.717) is 19.0 Å². The third-order valence-corrected chi connectivity index (χ3v) is 4.47. The summed E-state index contributed by atoms with van der Waals surface area (Å²) < 4.78 is 1.12. The van der Waals surface area contributed by atoms with Crippen LogP contribution in [0.15, 0.2) is 28.7 Å². The molecule has 1 aliphatic heterocycles. The fourth-order valence-electron chi connectivity index (χ4n) is 2.62. The van der Waals surface area contributed by atoms with Crippen molar-refractivity contribution in [3.63, 3.8) is 0 Å². The van der Waals surface area contributed by atoms with E-state index in [1.165, 1.54) is 5.56 Å². The van der Waals surface area contributed by atoms with Crippen LogP contribution in [0.5, 0.6) is 0 Å². The van der Waals surface area contributed by atoms with Gasteiger partial charge in [-0.25, -0.2) is 0 Å². The lowest BCUT2D eigenvalue weighted by atomic mass is 9.89. The molecule has 0 spiro atoms. The minimum Gasteiger partial charge on any atom is -0.481 e. The molecule has 0 saturated carbocycles. The molecule has 1 aromatic carbocycles. The first kappa shape index (κ1) is 15.0. The van der Waals surface area contributed by atoms with Crippen molar-refractivity contribution in [2.75, 3.05) is 13.1 Å². The van der Waals surface area contributed by atoms with Gasteiger partial charge in [0.05, 0.1) is 6.42 Å². The number of piperidine rings is 1. The number of hydrogen-bond donors (Lipinski definition) is 1. The van der Waals surface area contributed by atoms with Crippen molar-refractivity contribution in [2.24, 2.45) is 0 Å². The van der Waals surface area contributed by atoms with Crippen LogP contribution in [-0.4, -0.2) is 35.0 Å². The van der Waals surface area contributed by atoms with Gasteiger partial charge < -0.3 is 10.0 Å². The molecule has 1 aliphatic rings. The number of hydrogen-bond acceptors (Lipinski definition) is 2. The molecule has 1 amide bonds. The summed E-state index contributed by atoms with van der Waals surface area (Å²) in [5.74, 6) is -0.492. The predicted octanol–water partition coefficient (Wildman–Crippen LogP) is 3.02. The topological polar surface area (TPSA) is 57.6 Å². The van der Waals surface area contributed by atoms with Crippen LogP contribution in [0.25, 0.3) is 0 Å². The van der Waals surface area contributed by atoms with Crippen LogP contribution in [0.4, 0.5) is 0 Å². The number of rotatable bonds is 4. The van der Waals surface area contributed by atoms with Crippen molar-refractivity contribution in [1.29, 1.82) is 0 Å². The zero-order valence-electron chi connectivity index (χ0n) is 11.2. The van der Waals surface area contributed by atoms with E-state index in [0.717, 1.165) is 17.3 Å². The number of halogens is 1. The molecule has 0 radical (unpaired) electrons. The molecule has 108 valence electrons. The Bertz CT molecular complexity index is 496.